The molecule has 13 aliphatic rings. The molecule has 2 unspecified atom stereocenters. The smallest absolute Gasteiger partial charge is 0.312 e. The van der Waals surface area contributed by atoms with E-state index in [0.717, 1.165) is 50.4 Å². The molecule has 0 radical (unpaired) electrons. The lowest BCUT2D eigenvalue weighted by atomic mass is 9.49. The Labute approximate surface area is 261 Å². The third-order valence-electron chi connectivity index (χ3n) is 15.4. The van der Waals surface area contributed by atoms with E-state index in [0.29, 0.717) is 67.3 Å². The standard InChI is InChI=1S/C37H50O7/c38-31-27-5-26-6-28(31)16-36(14-26,15-27)33(40)42-18-34(17-41-32(39)35-11-23-2-24(12-35)4-25(3-23)13-35)19-43-37(44-20-34)29-7-21-1-22(9-29)10-30(37)8-21/h21-30H,1-20H2. The van der Waals surface area contributed by atoms with Crippen LogP contribution in [0.3, 0.4) is 0 Å². The zero-order valence-electron chi connectivity index (χ0n) is 26.3. The van der Waals surface area contributed by atoms with Crippen molar-refractivity contribution in [1.82, 2.24) is 0 Å². The van der Waals surface area contributed by atoms with Gasteiger partial charge in [0, 0.05) is 23.7 Å². The fourth-order valence-corrected chi connectivity index (χ4v) is 14.2. The number of esters is 2. The minimum Gasteiger partial charge on any atom is -0.464 e. The number of carbonyl (C=O) groups excluding carboxylic acids is 3. The minimum absolute atomic E-state index is 0.0297. The molecule has 0 aromatic rings. The first-order valence-corrected chi connectivity index (χ1v) is 18.4. The number of rotatable bonds is 6. The number of ketones is 1. The Balaban J connectivity index is 0.876. The molecule has 7 nitrogen and oxygen atoms in total. The monoisotopic (exact) mass is 606 g/mol. The summed E-state index contributed by atoms with van der Waals surface area (Å²) in [5.74, 6) is 4.75. The van der Waals surface area contributed by atoms with Crippen LogP contribution < -0.4 is 0 Å². The SMILES string of the molecule is O=C1C2CC3CC1CC(C(=O)OCC1(COC(=O)C45CC6CC(CC(C6)C4)C5)COC4(OC1)C1CC5CC(C1)CC4C5)(C3)C2. The first kappa shape index (κ1) is 27.6. The van der Waals surface area contributed by atoms with Crippen molar-refractivity contribution in [2.24, 2.45) is 75.4 Å². The van der Waals surface area contributed by atoms with Crippen molar-refractivity contribution in [3.8, 4) is 0 Å². The molecule has 2 atom stereocenters. The van der Waals surface area contributed by atoms with Crippen LogP contribution in [-0.4, -0.2) is 49.9 Å². The van der Waals surface area contributed by atoms with E-state index in [-0.39, 0.29) is 42.4 Å². The summed E-state index contributed by atoms with van der Waals surface area (Å²) in [5, 5.41) is 0. The number of Topliss-reactive ketones (excluding diaryl/α,β-unsaturated/α-hetero) is 1. The van der Waals surface area contributed by atoms with Crippen molar-refractivity contribution in [3.63, 3.8) is 0 Å². The van der Waals surface area contributed by atoms with Gasteiger partial charge in [0.1, 0.15) is 19.0 Å². The van der Waals surface area contributed by atoms with Crippen LogP contribution in [0.2, 0.25) is 0 Å². The zero-order chi connectivity index (χ0) is 29.5. The molecular formula is C37H50O7. The highest BCUT2D eigenvalue weighted by Gasteiger charge is 2.64. The van der Waals surface area contributed by atoms with Gasteiger partial charge in [0.25, 0.3) is 0 Å². The summed E-state index contributed by atoms with van der Waals surface area (Å²) in [5.41, 5.74) is -1.55. The molecular weight excluding hydrogens is 556 g/mol. The summed E-state index contributed by atoms with van der Waals surface area (Å²) < 4.78 is 26.4. The Morgan fingerprint density at radius 1 is 0.568 bits per heavy atom. The first-order valence-electron chi connectivity index (χ1n) is 18.4. The molecule has 0 aromatic carbocycles. The third-order valence-corrected chi connectivity index (χ3v) is 15.4. The average molecular weight is 607 g/mol. The molecule has 44 heavy (non-hydrogen) atoms. The van der Waals surface area contributed by atoms with Gasteiger partial charge in [0.15, 0.2) is 5.79 Å². The van der Waals surface area contributed by atoms with Gasteiger partial charge in [-0.2, -0.15) is 0 Å². The quantitative estimate of drug-likeness (QED) is 0.350. The molecule has 12 saturated carbocycles. The van der Waals surface area contributed by atoms with Crippen LogP contribution in [0.5, 0.6) is 0 Å². The summed E-state index contributed by atoms with van der Waals surface area (Å²) in [7, 11) is 0. The maximum atomic E-state index is 13.9. The highest BCUT2D eigenvalue weighted by Crippen LogP contribution is 2.63. The molecule has 12 bridgehead atoms. The zero-order valence-corrected chi connectivity index (χ0v) is 26.3. The van der Waals surface area contributed by atoms with Gasteiger partial charge >= 0.3 is 11.9 Å². The maximum Gasteiger partial charge on any atom is 0.312 e. The molecule has 1 aliphatic heterocycles. The Morgan fingerprint density at radius 2 is 0.977 bits per heavy atom. The maximum absolute atomic E-state index is 13.9. The van der Waals surface area contributed by atoms with Crippen LogP contribution >= 0.6 is 0 Å². The van der Waals surface area contributed by atoms with Gasteiger partial charge in [0.2, 0.25) is 0 Å². The normalized spacial score (nSPS) is 55.6. The highest BCUT2D eigenvalue weighted by molar-refractivity contribution is 5.89. The lowest BCUT2D eigenvalue weighted by Gasteiger charge is -2.62. The van der Waals surface area contributed by atoms with E-state index < -0.39 is 16.6 Å². The topological polar surface area (TPSA) is 88.1 Å². The fraction of sp³-hybridized carbons (Fsp3) is 0.919. The molecule has 13 rings (SSSR count). The van der Waals surface area contributed by atoms with Crippen molar-refractivity contribution in [1.29, 1.82) is 0 Å². The Morgan fingerprint density at radius 3 is 1.45 bits per heavy atom. The van der Waals surface area contributed by atoms with E-state index in [1.807, 2.05) is 0 Å². The van der Waals surface area contributed by atoms with Crippen molar-refractivity contribution >= 4 is 17.7 Å². The highest BCUT2D eigenvalue weighted by atomic mass is 16.7. The fourth-order valence-electron chi connectivity index (χ4n) is 14.2. The van der Waals surface area contributed by atoms with Crippen LogP contribution in [0.1, 0.15) is 103 Å². The van der Waals surface area contributed by atoms with E-state index in [4.69, 9.17) is 18.9 Å². The van der Waals surface area contributed by atoms with Gasteiger partial charge in [-0.25, -0.2) is 0 Å². The van der Waals surface area contributed by atoms with Crippen LogP contribution in [0.25, 0.3) is 0 Å². The minimum atomic E-state index is -0.703. The van der Waals surface area contributed by atoms with Crippen molar-refractivity contribution < 1.29 is 33.3 Å². The summed E-state index contributed by atoms with van der Waals surface area (Å²) >= 11 is 0. The molecule has 1 spiro atoms. The van der Waals surface area contributed by atoms with E-state index in [1.165, 1.54) is 51.4 Å². The largest absolute Gasteiger partial charge is 0.464 e. The number of hydrogen-bond donors (Lipinski definition) is 0. The van der Waals surface area contributed by atoms with E-state index in [2.05, 4.69) is 0 Å². The lowest BCUT2D eigenvalue weighted by Crippen LogP contribution is -2.65. The number of carbonyl (C=O) groups is 3. The molecule has 0 aromatic heterocycles. The third kappa shape index (κ3) is 3.96. The molecule has 0 amide bonds. The van der Waals surface area contributed by atoms with E-state index >= 15 is 0 Å². The van der Waals surface area contributed by atoms with Gasteiger partial charge in [-0.1, -0.05) is 0 Å². The van der Waals surface area contributed by atoms with Crippen LogP contribution in [0.15, 0.2) is 0 Å². The molecule has 13 fully saturated rings. The lowest BCUT2D eigenvalue weighted by molar-refractivity contribution is -0.385. The first-order chi connectivity index (χ1) is 21.2. The van der Waals surface area contributed by atoms with Crippen molar-refractivity contribution in [2.75, 3.05) is 26.4 Å². The van der Waals surface area contributed by atoms with Crippen LogP contribution in [-0.2, 0) is 33.3 Å². The van der Waals surface area contributed by atoms with Crippen LogP contribution in [0.4, 0.5) is 0 Å². The van der Waals surface area contributed by atoms with Gasteiger partial charge in [-0.3, -0.25) is 14.4 Å². The van der Waals surface area contributed by atoms with Crippen molar-refractivity contribution in [2.45, 2.75) is 109 Å². The van der Waals surface area contributed by atoms with Crippen LogP contribution in [0, 0.1) is 75.4 Å². The summed E-state index contributed by atoms with van der Waals surface area (Å²) in [6.45, 7) is 1.12. The summed E-state index contributed by atoms with van der Waals surface area (Å²) in [6, 6.07) is 0. The molecule has 7 heteroatoms. The second-order valence-electron chi connectivity index (χ2n) is 18.5. The Hall–Kier alpha value is -1.47. The van der Waals surface area contributed by atoms with E-state index in [1.54, 1.807) is 0 Å². The Bertz CT molecular complexity index is 1180. The van der Waals surface area contributed by atoms with E-state index in [9.17, 15) is 14.4 Å². The number of hydrogen-bond acceptors (Lipinski definition) is 7. The molecule has 0 N–H and O–H groups in total. The molecule has 1 saturated heterocycles. The predicted molar refractivity (Wildman–Crippen MR) is 158 cm³/mol. The molecule has 12 aliphatic carbocycles. The van der Waals surface area contributed by atoms with Gasteiger partial charge in [-0.15, -0.1) is 0 Å². The number of ether oxygens (including phenoxy) is 4. The second kappa shape index (κ2) is 9.33. The van der Waals surface area contributed by atoms with Gasteiger partial charge in [0.05, 0.1) is 29.5 Å². The summed E-state index contributed by atoms with van der Waals surface area (Å²) in [4.78, 5) is 40.7. The Kier molecular flexibility index (Phi) is 5.85. The van der Waals surface area contributed by atoms with Gasteiger partial charge in [-0.05, 0) is 138 Å². The molecule has 240 valence electrons. The second-order valence-corrected chi connectivity index (χ2v) is 18.5. The summed E-state index contributed by atoms with van der Waals surface area (Å²) in [6.07, 6.45) is 17.0. The van der Waals surface area contributed by atoms with Gasteiger partial charge < -0.3 is 18.9 Å². The average Bonchev–Trinajstić information content (AvgIpc) is 2.99. The van der Waals surface area contributed by atoms with Crippen molar-refractivity contribution in [3.05, 3.63) is 0 Å². The predicted octanol–water partition coefficient (Wildman–Crippen LogP) is 5.87. The molecule has 1 heterocycles.